The Morgan fingerprint density at radius 3 is 2.47 bits per heavy atom. The van der Waals surface area contributed by atoms with E-state index in [4.69, 9.17) is 9.47 Å². The van der Waals surface area contributed by atoms with Crippen molar-refractivity contribution in [2.75, 3.05) is 13.7 Å². The Labute approximate surface area is 105 Å². The normalized spacial score (nSPS) is 10.4. The van der Waals surface area contributed by atoms with Gasteiger partial charge in [0.15, 0.2) is 11.5 Å². The molecule has 1 aromatic rings. The van der Waals surface area contributed by atoms with Crippen molar-refractivity contribution in [2.45, 2.75) is 46.5 Å². The second-order valence-corrected chi connectivity index (χ2v) is 4.52. The molecule has 0 aliphatic carbocycles. The molecule has 0 N–H and O–H groups in total. The van der Waals surface area contributed by atoms with E-state index < -0.39 is 0 Å². The molecule has 0 amide bonds. The van der Waals surface area contributed by atoms with Crippen LogP contribution >= 0.6 is 0 Å². The van der Waals surface area contributed by atoms with Gasteiger partial charge in [0.05, 0.1) is 13.7 Å². The smallest absolute Gasteiger partial charge is 0.164 e. The molecule has 2 heteroatoms. The summed E-state index contributed by atoms with van der Waals surface area (Å²) in [5.41, 5.74) is 2.36. The maximum absolute atomic E-state index is 5.84. The molecular formula is C15H24O2. The molecule has 1 aromatic carbocycles. The van der Waals surface area contributed by atoms with Gasteiger partial charge in [-0.1, -0.05) is 32.3 Å². The predicted molar refractivity (Wildman–Crippen MR) is 72.1 cm³/mol. The van der Waals surface area contributed by atoms with Crippen molar-refractivity contribution in [2.24, 2.45) is 0 Å². The molecule has 0 spiro atoms. The van der Waals surface area contributed by atoms with Gasteiger partial charge in [0.2, 0.25) is 0 Å². The summed E-state index contributed by atoms with van der Waals surface area (Å²) in [6.07, 6.45) is 4.90. The van der Waals surface area contributed by atoms with Crippen LogP contribution in [0, 0.1) is 13.8 Å². The molecule has 0 fully saturated rings. The summed E-state index contributed by atoms with van der Waals surface area (Å²) in [7, 11) is 1.69. The van der Waals surface area contributed by atoms with Crippen LogP contribution in [0.1, 0.15) is 43.7 Å². The molecule has 0 saturated heterocycles. The summed E-state index contributed by atoms with van der Waals surface area (Å²) < 4.78 is 11.2. The first kappa shape index (κ1) is 13.9. The highest BCUT2D eigenvalue weighted by molar-refractivity contribution is 5.48. The molecule has 0 heterocycles. The van der Waals surface area contributed by atoms with E-state index in [1.807, 2.05) is 6.07 Å². The van der Waals surface area contributed by atoms with Gasteiger partial charge in [-0.3, -0.25) is 0 Å². The number of benzene rings is 1. The SMILES string of the molecule is CCCCCCOc1c(C)cc(C)cc1OC. The molecule has 0 atom stereocenters. The predicted octanol–water partition coefficient (Wildman–Crippen LogP) is 4.27. The third kappa shape index (κ3) is 4.29. The van der Waals surface area contributed by atoms with Crippen molar-refractivity contribution >= 4 is 0 Å². The average Bonchev–Trinajstić information content (AvgIpc) is 2.30. The first-order valence-corrected chi connectivity index (χ1v) is 6.47. The molecule has 0 aliphatic rings. The molecule has 0 aliphatic heterocycles. The molecule has 2 nitrogen and oxygen atoms in total. The highest BCUT2D eigenvalue weighted by Crippen LogP contribution is 2.32. The molecular weight excluding hydrogens is 212 g/mol. The van der Waals surface area contributed by atoms with Crippen LogP contribution in [0.3, 0.4) is 0 Å². The lowest BCUT2D eigenvalue weighted by atomic mass is 10.1. The Balaban J connectivity index is 2.57. The molecule has 17 heavy (non-hydrogen) atoms. The van der Waals surface area contributed by atoms with E-state index in [0.29, 0.717) is 0 Å². The van der Waals surface area contributed by atoms with E-state index in [2.05, 4.69) is 26.8 Å². The average molecular weight is 236 g/mol. The topological polar surface area (TPSA) is 18.5 Å². The molecule has 0 saturated carbocycles. The van der Waals surface area contributed by atoms with Gasteiger partial charge in [-0.25, -0.2) is 0 Å². The summed E-state index contributed by atoms with van der Waals surface area (Å²) in [6, 6.07) is 4.15. The molecule has 0 aromatic heterocycles. The highest BCUT2D eigenvalue weighted by atomic mass is 16.5. The van der Waals surface area contributed by atoms with Crippen LogP contribution in [-0.2, 0) is 0 Å². The summed E-state index contributed by atoms with van der Waals surface area (Å²) in [6.45, 7) is 7.13. The van der Waals surface area contributed by atoms with Gasteiger partial charge in [-0.15, -0.1) is 0 Å². The molecule has 0 radical (unpaired) electrons. The quantitative estimate of drug-likeness (QED) is 0.658. The van der Waals surface area contributed by atoms with Crippen molar-refractivity contribution in [1.82, 2.24) is 0 Å². The van der Waals surface area contributed by atoms with E-state index >= 15 is 0 Å². The van der Waals surface area contributed by atoms with Crippen LogP contribution in [-0.4, -0.2) is 13.7 Å². The van der Waals surface area contributed by atoms with Crippen molar-refractivity contribution in [3.8, 4) is 11.5 Å². The van der Waals surface area contributed by atoms with Crippen molar-refractivity contribution in [3.63, 3.8) is 0 Å². The third-order valence-corrected chi connectivity index (χ3v) is 2.85. The Morgan fingerprint density at radius 1 is 1.06 bits per heavy atom. The third-order valence-electron chi connectivity index (χ3n) is 2.85. The van der Waals surface area contributed by atoms with Crippen LogP contribution in [0.2, 0.25) is 0 Å². The Kier molecular flexibility index (Phi) is 5.88. The number of ether oxygens (including phenoxy) is 2. The summed E-state index contributed by atoms with van der Waals surface area (Å²) >= 11 is 0. The fraction of sp³-hybridized carbons (Fsp3) is 0.600. The van der Waals surface area contributed by atoms with Crippen LogP contribution in [0.25, 0.3) is 0 Å². The van der Waals surface area contributed by atoms with Crippen molar-refractivity contribution in [1.29, 1.82) is 0 Å². The van der Waals surface area contributed by atoms with Crippen LogP contribution < -0.4 is 9.47 Å². The summed E-state index contributed by atoms with van der Waals surface area (Å²) in [5, 5.41) is 0. The van der Waals surface area contributed by atoms with Crippen molar-refractivity contribution in [3.05, 3.63) is 23.3 Å². The second-order valence-electron chi connectivity index (χ2n) is 4.52. The van der Waals surface area contributed by atoms with Crippen LogP contribution in [0.15, 0.2) is 12.1 Å². The fourth-order valence-corrected chi connectivity index (χ4v) is 1.96. The van der Waals surface area contributed by atoms with Crippen molar-refractivity contribution < 1.29 is 9.47 Å². The largest absolute Gasteiger partial charge is 0.493 e. The molecule has 1 rings (SSSR count). The maximum Gasteiger partial charge on any atom is 0.164 e. The summed E-state index contributed by atoms with van der Waals surface area (Å²) in [4.78, 5) is 0. The van der Waals surface area contributed by atoms with Crippen LogP contribution in [0.5, 0.6) is 11.5 Å². The summed E-state index contributed by atoms with van der Waals surface area (Å²) in [5.74, 6) is 1.74. The minimum absolute atomic E-state index is 0.778. The van der Waals surface area contributed by atoms with E-state index in [9.17, 15) is 0 Å². The van der Waals surface area contributed by atoms with Gasteiger partial charge in [0, 0.05) is 0 Å². The lowest BCUT2D eigenvalue weighted by molar-refractivity contribution is 0.283. The van der Waals surface area contributed by atoms with E-state index in [1.165, 1.54) is 24.8 Å². The zero-order chi connectivity index (χ0) is 12.7. The van der Waals surface area contributed by atoms with E-state index in [1.54, 1.807) is 7.11 Å². The lowest BCUT2D eigenvalue weighted by Crippen LogP contribution is -2.01. The standard InChI is InChI=1S/C15H24O2/c1-5-6-7-8-9-17-15-13(3)10-12(2)11-14(15)16-4/h10-11H,5-9H2,1-4H3. The Bertz CT molecular complexity index is 345. The number of unbranched alkanes of at least 4 members (excludes halogenated alkanes) is 3. The van der Waals surface area contributed by atoms with Gasteiger partial charge in [0.1, 0.15) is 0 Å². The number of rotatable bonds is 7. The Morgan fingerprint density at radius 2 is 1.82 bits per heavy atom. The van der Waals surface area contributed by atoms with Gasteiger partial charge in [-0.05, 0) is 37.5 Å². The minimum Gasteiger partial charge on any atom is -0.493 e. The number of aryl methyl sites for hydroxylation is 2. The molecule has 96 valence electrons. The highest BCUT2D eigenvalue weighted by Gasteiger charge is 2.08. The Hall–Kier alpha value is -1.18. The first-order chi connectivity index (χ1) is 8.19. The van der Waals surface area contributed by atoms with Gasteiger partial charge < -0.3 is 9.47 Å². The zero-order valence-corrected chi connectivity index (χ0v) is 11.5. The van der Waals surface area contributed by atoms with Gasteiger partial charge in [0.25, 0.3) is 0 Å². The zero-order valence-electron chi connectivity index (χ0n) is 11.5. The van der Waals surface area contributed by atoms with E-state index in [0.717, 1.165) is 30.1 Å². The monoisotopic (exact) mass is 236 g/mol. The number of hydrogen-bond acceptors (Lipinski definition) is 2. The van der Waals surface area contributed by atoms with Gasteiger partial charge >= 0.3 is 0 Å². The molecule has 0 unspecified atom stereocenters. The fourth-order valence-electron chi connectivity index (χ4n) is 1.96. The molecule has 0 bridgehead atoms. The second kappa shape index (κ2) is 7.21. The van der Waals surface area contributed by atoms with Crippen LogP contribution in [0.4, 0.5) is 0 Å². The lowest BCUT2D eigenvalue weighted by Gasteiger charge is -2.14. The minimum atomic E-state index is 0.778. The number of hydrogen-bond donors (Lipinski definition) is 0. The maximum atomic E-state index is 5.84. The first-order valence-electron chi connectivity index (χ1n) is 6.47. The van der Waals surface area contributed by atoms with Gasteiger partial charge in [-0.2, -0.15) is 0 Å². The van der Waals surface area contributed by atoms with E-state index in [-0.39, 0.29) is 0 Å². The number of methoxy groups -OCH3 is 1.